The van der Waals surface area contributed by atoms with Crippen molar-refractivity contribution in [3.05, 3.63) is 11.6 Å². The number of carbonyl (C=O) groups is 1. The van der Waals surface area contributed by atoms with E-state index >= 15 is 0 Å². The molecular weight excluding hydrogens is 282 g/mol. The van der Waals surface area contributed by atoms with Crippen LogP contribution in [-0.4, -0.2) is 44.9 Å². The summed E-state index contributed by atoms with van der Waals surface area (Å²) < 4.78 is 33.1. The molecule has 0 aliphatic carbocycles. The van der Waals surface area contributed by atoms with Gasteiger partial charge in [0.15, 0.2) is 0 Å². The van der Waals surface area contributed by atoms with Gasteiger partial charge in [0.2, 0.25) is 0 Å². The molecule has 0 spiro atoms. The molecule has 0 aromatic carbocycles. The first kappa shape index (κ1) is 19.1. The predicted molar refractivity (Wildman–Crippen MR) is 77.4 cm³/mol. The summed E-state index contributed by atoms with van der Waals surface area (Å²) in [6, 6.07) is 0. The molecule has 7 heteroatoms. The third kappa shape index (κ3) is 8.29. The zero-order valence-electron chi connectivity index (χ0n) is 12.7. The van der Waals surface area contributed by atoms with Crippen molar-refractivity contribution in [1.82, 2.24) is 5.06 Å². The molecule has 0 unspecified atom stereocenters. The molecule has 0 rings (SSSR count). The Morgan fingerprint density at radius 1 is 1.20 bits per heavy atom. The number of carbonyl (C=O) groups excluding carboxylic acids is 1. The molecule has 0 N–H and O–H groups in total. The van der Waals surface area contributed by atoms with E-state index < -0.39 is 16.1 Å². The van der Waals surface area contributed by atoms with Gasteiger partial charge in [-0.2, -0.15) is 17.8 Å². The molecule has 0 amide bonds. The predicted octanol–water partition coefficient (Wildman–Crippen LogP) is 1.88. The van der Waals surface area contributed by atoms with Crippen LogP contribution in [0.15, 0.2) is 11.6 Å². The molecule has 20 heavy (non-hydrogen) atoms. The minimum absolute atomic E-state index is 0.0641. The van der Waals surface area contributed by atoms with Crippen LogP contribution in [0.4, 0.5) is 0 Å². The van der Waals surface area contributed by atoms with Gasteiger partial charge in [-0.1, -0.05) is 26.8 Å². The molecule has 0 aromatic heterocycles. The number of rotatable bonds is 10. The molecule has 0 radical (unpaired) electrons. The molecule has 0 saturated heterocycles. The molecule has 0 bridgehead atoms. The van der Waals surface area contributed by atoms with Gasteiger partial charge in [-0.3, -0.25) is 0 Å². The minimum Gasteiger partial charge on any atom is -0.462 e. The molecule has 0 saturated carbocycles. The van der Waals surface area contributed by atoms with Gasteiger partial charge < -0.3 is 4.74 Å². The first-order valence-electron chi connectivity index (χ1n) is 6.87. The van der Waals surface area contributed by atoms with Crippen LogP contribution in [0, 0.1) is 0 Å². The molecule has 0 fully saturated rings. The SMILES string of the molecule is CCC=C(C)C(=O)OCCCS(=O)(=O)ON(CC)CC. The van der Waals surface area contributed by atoms with E-state index in [9.17, 15) is 13.2 Å². The molecule has 0 aliphatic rings. The molecule has 6 nitrogen and oxygen atoms in total. The highest BCUT2D eigenvalue weighted by Crippen LogP contribution is 2.03. The molecule has 0 heterocycles. The van der Waals surface area contributed by atoms with Crippen LogP contribution in [0.1, 0.15) is 40.5 Å². The van der Waals surface area contributed by atoms with E-state index in [2.05, 4.69) is 0 Å². The van der Waals surface area contributed by atoms with Crippen LogP contribution in [0.2, 0.25) is 0 Å². The van der Waals surface area contributed by atoms with Crippen molar-refractivity contribution in [2.75, 3.05) is 25.4 Å². The second-order valence-corrected chi connectivity index (χ2v) is 5.91. The van der Waals surface area contributed by atoms with Crippen molar-refractivity contribution < 1.29 is 22.2 Å². The smallest absolute Gasteiger partial charge is 0.333 e. The Bertz CT molecular complexity index is 412. The third-order valence-electron chi connectivity index (χ3n) is 2.53. The summed E-state index contributed by atoms with van der Waals surface area (Å²) in [7, 11) is -3.61. The van der Waals surface area contributed by atoms with Crippen LogP contribution in [-0.2, 0) is 23.9 Å². The quantitative estimate of drug-likeness (QED) is 0.265. The summed E-state index contributed by atoms with van der Waals surface area (Å²) in [5.74, 6) is -0.582. The number of nitrogens with zero attached hydrogens (tertiary/aromatic N) is 1. The zero-order valence-corrected chi connectivity index (χ0v) is 13.5. The topological polar surface area (TPSA) is 72.9 Å². The first-order valence-corrected chi connectivity index (χ1v) is 8.45. The maximum atomic E-state index is 11.6. The lowest BCUT2D eigenvalue weighted by Crippen LogP contribution is -2.28. The lowest BCUT2D eigenvalue weighted by molar-refractivity contribution is -0.139. The lowest BCUT2D eigenvalue weighted by atomic mass is 10.2. The van der Waals surface area contributed by atoms with E-state index in [1.165, 1.54) is 5.06 Å². The average Bonchev–Trinajstić information content (AvgIpc) is 2.41. The van der Waals surface area contributed by atoms with Gasteiger partial charge in [-0.05, 0) is 19.8 Å². The van der Waals surface area contributed by atoms with E-state index in [4.69, 9.17) is 9.02 Å². The van der Waals surface area contributed by atoms with Gasteiger partial charge >= 0.3 is 5.97 Å². The van der Waals surface area contributed by atoms with Crippen LogP contribution in [0.25, 0.3) is 0 Å². The van der Waals surface area contributed by atoms with Gasteiger partial charge in [0.25, 0.3) is 10.1 Å². The van der Waals surface area contributed by atoms with Gasteiger partial charge in [0, 0.05) is 18.7 Å². The van der Waals surface area contributed by atoms with E-state index in [1.54, 1.807) is 13.0 Å². The first-order chi connectivity index (χ1) is 9.36. The second-order valence-electron chi connectivity index (χ2n) is 4.24. The largest absolute Gasteiger partial charge is 0.462 e. The molecule has 118 valence electrons. The Morgan fingerprint density at radius 2 is 1.80 bits per heavy atom. The number of ether oxygens (including phenoxy) is 1. The highest BCUT2D eigenvalue weighted by Gasteiger charge is 2.16. The number of hydrogen-bond donors (Lipinski definition) is 0. The number of allylic oxidation sites excluding steroid dienone is 1. The highest BCUT2D eigenvalue weighted by molar-refractivity contribution is 7.86. The van der Waals surface area contributed by atoms with E-state index in [-0.39, 0.29) is 18.8 Å². The average molecular weight is 307 g/mol. The third-order valence-corrected chi connectivity index (χ3v) is 3.76. The lowest BCUT2D eigenvalue weighted by Gasteiger charge is -2.16. The monoisotopic (exact) mass is 307 g/mol. The fourth-order valence-electron chi connectivity index (χ4n) is 1.43. The maximum Gasteiger partial charge on any atom is 0.333 e. The van der Waals surface area contributed by atoms with E-state index in [1.807, 2.05) is 20.8 Å². The van der Waals surface area contributed by atoms with Crippen LogP contribution in [0.3, 0.4) is 0 Å². The Kier molecular flexibility index (Phi) is 9.45. The Labute approximate surface area is 121 Å². The fourth-order valence-corrected chi connectivity index (χ4v) is 2.51. The summed E-state index contributed by atoms with van der Waals surface area (Å²) >= 11 is 0. The van der Waals surface area contributed by atoms with E-state index in [0.717, 1.165) is 6.42 Å². The van der Waals surface area contributed by atoms with Gasteiger partial charge in [-0.15, -0.1) is 0 Å². The summed E-state index contributed by atoms with van der Waals surface area (Å²) in [6.07, 6.45) is 2.74. The number of esters is 1. The Balaban J connectivity index is 4.06. The molecular formula is C13H25NO5S. The Hall–Kier alpha value is -0.920. The van der Waals surface area contributed by atoms with Crippen molar-refractivity contribution in [3.63, 3.8) is 0 Å². The van der Waals surface area contributed by atoms with E-state index in [0.29, 0.717) is 18.7 Å². The summed E-state index contributed by atoms with van der Waals surface area (Å²) in [6.45, 7) is 8.26. The van der Waals surface area contributed by atoms with Crippen molar-refractivity contribution in [1.29, 1.82) is 0 Å². The fraction of sp³-hybridized carbons (Fsp3) is 0.769. The van der Waals surface area contributed by atoms with Crippen molar-refractivity contribution in [2.24, 2.45) is 0 Å². The van der Waals surface area contributed by atoms with Gasteiger partial charge in [0.05, 0.1) is 12.4 Å². The molecule has 0 aliphatic heterocycles. The number of hydrogen-bond acceptors (Lipinski definition) is 6. The van der Waals surface area contributed by atoms with Crippen molar-refractivity contribution in [2.45, 2.75) is 40.5 Å². The van der Waals surface area contributed by atoms with Gasteiger partial charge in [0.1, 0.15) is 0 Å². The number of hydroxylamine groups is 2. The standard InChI is InChI=1S/C13H25NO5S/c1-5-9-12(4)13(15)18-10-8-11-20(16,17)19-14(6-2)7-3/h9H,5-8,10-11H2,1-4H3. The highest BCUT2D eigenvalue weighted by atomic mass is 32.2. The van der Waals surface area contributed by atoms with Crippen molar-refractivity contribution >= 4 is 16.1 Å². The van der Waals surface area contributed by atoms with Crippen molar-refractivity contribution in [3.8, 4) is 0 Å². The minimum atomic E-state index is -3.61. The zero-order chi connectivity index (χ0) is 15.6. The van der Waals surface area contributed by atoms with Gasteiger partial charge in [-0.25, -0.2) is 4.79 Å². The summed E-state index contributed by atoms with van der Waals surface area (Å²) in [5.41, 5.74) is 0.537. The normalized spacial score (nSPS) is 12.8. The van der Waals surface area contributed by atoms with Crippen LogP contribution in [0.5, 0.6) is 0 Å². The van der Waals surface area contributed by atoms with Crippen LogP contribution >= 0.6 is 0 Å². The summed E-state index contributed by atoms with van der Waals surface area (Å²) in [4.78, 5) is 11.4. The molecule has 0 atom stereocenters. The van der Waals surface area contributed by atoms with Crippen LogP contribution < -0.4 is 0 Å². The molecule has 0 aromatic rings. The Morgan fingerprint density at radius 3 is 2.30 bits per heavy atom. The second kappa shape index (κ2) is 9.90. The summed E-state index contributed by atoms with van der Waals surface area (Å²) in [5, 5.41) is 1.36. The maximum absolute atomic E-state index is 11.6.